The molecule has 0 aliphatic heterocycles. The number of fused-ring (bicyclic) bond motifs is 12. The standard InChI is InChI=1S/C61H40N4/c1-61(2)52-20-10-7-17-45(52)46-28-25-43(34-53(46)61)59-49-19-8-11-21-54(49)62-60(63-59)65-57-36-42(24-29-48(57)51-32-39-15-5-6-16-40(39)35-58(51)65)41-26-30-56-50(33-41)47-18-9-12-22-55(47)64(56)44-27-23-37-13-3-4-14-38(37)31-44/h3-36H,1-2H3. The second kappa shape index (κ2) is 13.3. The summed E-state index contributed by atoms with van der Waals surface area (Å²) >= 11 is 0. The Hall–Kier alpha value is -8.34. The van der Waals surface area contributed by atoms with E-state index in [1.54, 1.807) is 0 Å². The normalized spacial score (nSPS) is 13.2. The lowest BCUT2D eigenvalue weighted by molar-refractivity contribution is 0.660. The van der Waals surface area contributed by atoms with Crippen molar-refractivity contribution in [2.45, 2.75) is 19.3 Å². The minimum atomic E-state index is -0.133. The fourth-order valence-corrected chi connectivity index (χ4v) is 11.1. The van der Waals surface area contributed by atoms with E-state index in [4.69, 9.17) is 9.97 Å². The molecule has 0 unspecified atom stereocenters. The van der Waals surface area contributed by atoms with Gasteiger partial charge in [0.1, 0.15) is 0 Å². The molecule has 1 aliphatic carbocycles. The van der Waals surface area contributed by atoms with Gasteiger partial charge in [0.2, 0.25) is 5.95 Å². The van der Waals surface area contributed by atoms with Crippen molar-refractivity contribution in [2.24, 2.45) is 0 Å². The van der Waals surface area contributed by atoms with Crippen LogP contribution in [0.15, 0.2) is 206 Å². The Kier molecular flexibility index (Phi) is 7.42. The minimum absolute atomic E-state index is 0.133. The molecule has 0 spiro atoms. The summed E-state index contributed by atoms with van der Waals surface area (Å²) in [5.74, 6) is 0.656. The highest BCUT2D eigenvalue weighted by atomic mass is 15.2. The van der Waals surface area contributed by atoms with Crippen molar-refractivity contribution >= 4 is 76.1 Å². The largest absolute Gasteiger partial charge is 0.309 e. The average molecular weight is 829 g/mol. The van der Waals surface area contributed by atoms with E-state index in [0.717, 1.165) is 50.0 Å². The lowest BCUT2D eigenvalue weighted by Gasteiger charge is -2.22. The molecule has 1 aliphatic rings. The smallest absolute Gasteiger partial charge is 0.235 e. The molecule has 0 saturated carbocycles. The van der Waals surface area contributed by atoms with Gasteiger partial charge in [0, 0.05) is 43.6 Å². The number of benzene rings is 10. The zero-order chi connectivity index (χ0) is 43.0. The summed E-state index contributed by atoms with van der Waals surface area (Å²) in [7, 11) is 0. The predicted octanol–water partition coefficient (Wildman–Crippen LogP) is 15.8. The molecule has 0 fully saturated rings. The Bertz CT molecular complexity index is 4160. The molecule has 0 atom stereocenters. The summed E-state index contributed by atoms with van der Waals surface area (Å²) in [5.41, 5.74) is 16.1. The van der Waals surface area contributed by atoms with Crippen molar-refractivity contribution in [1.29, 1.82) is 0 Å². The Balaban J connectivity index is 0.987. The van der Waals surface area contributed by atoms with Crippen molar-refractivity contribution in [3.63, 3.8) is 0 Å². The zero-order valence-corrected chi connectivity index (χ0v) is 35.9. The van der Waals surface area contributed by atoms with Crippen LogP contribution < -0.4 is 0 Å². The Morgan fingerprint density at radius 2 is 0.969 bits per heavy atom. The van der Waals surface area contributed by atoms with Crippen molar-refractivity contribution in [3.8, 4) is 45.1 Å². The topological polar surface area (TPSA) is 35.6 Å². The van der Waals surface area contributed by atoms with E-state index in [0.29, 0.717) is 5.95 Å². The van der Waals surface area contributed by atoms with Gasteiger partial charge in [-0.3, -0.25) is 4.57 Å². The van der Waals surface area contributed by atoms with Crippen LogP contribution in [0.3, 0.4) is 0 Å². The van der Waals surface area contributed by atoms with Crippen LogP contribution in [0.2, 0.25) is 0 Å². The first-order valence-electron chi connectivity index (χ1n) is 22.5. The number of nitrogens with zero attached hydrogens (tertiary/aromatic N) is 4. The van der Waals surface area contributed by atoms with Gasteiger partial charge in [0.05, 0.1) is 33.3 Å². The molecule has 13 aromatic rings. The fourth-order valence-electron chi connectivity index (χ4n) is 11.1. The van der Waals surface area contributed by atoms with Gasteiger partial charge in [-0.25, -0.2) is 9.97 Å². The van der Waals surface area contributed by atoms with Gasteiger partial charge < -0.3 is 4.57 Å². The minimum Gasteiger partial charge on any atom is -0.309 e. The van der Waals surface area contributed by atoms with Gasteiger partial charge in [-0.15, -0.1) is 0 Å². The van der Waals surface area contributed by atoms with Crippen LogP contribution in [-0.2, 0) is 5.41 Å². The SMILES string of the molecule is CC1(C)c2ccccc2-c2ccc(-c3nc(-n4c5cc(-c6ccc7c(c6)c6ccccc6n7-c6ccc7ccccc7c6)ccc5c5cc6ccccc6cc54)nc4ccccc34)cc21. The molecule has 14 rings (SSSR count). The van der Waals surface area contributed by atoms with Gasteiger partial charge in [0.15, 0.2) is 0 Å². The van der Waals surface area contributed by atoms with Crippen molar-refractivity contribution in [1.82, 2.24) is 19.1 Å². The summed E-state index contributed by atoms with van der Waals surface area (Å²) in [6.07, 6.45) is 0. The van der Waals surface area contributed by atoms with E-state index in [-0.39, 0.29) is 5.41 Å². The van der Waals surface area contributed by atoms with E-state index in [1.165, 1.54) is 76.4 Å². The fraction of sp³-hybridized carbons (Fsp3) is 0.0492. The predicted molar refractivity (Wildman–Crippen MR) is 272 cm³/mol. The number of hydrogen-bond acceptors (Lipinski definition) is 2. The summed E-state index contributed by atoms with van der Waals surface area (Å²) in [6, 6.07) is 75.5. The van der Waals surface area contributed by atoms with E-state index in [2.05, 4.69) is 229 Å². The highest BCUT2D eigenvalue weighted by Crippen LogP contribution is 2.50. The highest BCUT2D eigenvalue weighted by Gasteiger charge is 2.35. The van der Waals surface area contributed by atoms with Crippen molar-refractivity contribution in [3.05, 3.63) is 217 Å². The third kappa shape index (κ3) is 5.25. The number of aromatic nitrogens is 4. The van der Waals surface area contributed by atoms with Gasteiger partial charge >= 0.3 is 0 Å². The Morgan fingerprint density at radius 3 is 1.85 bits per heavy atom. The maximum atomic E-state index is 5.59. The molecule has 0 N–H and O–H groups in total. The van der Waals surface area contributed by atoms with Crippen LogP contribution in [0, 0.1) is 0 Å². The van der Waals surface area contributed by atoms with Crippen LogP contribution in [0.5, 0.6) is 0 Å². The highest BCUT2D eigenvalue weighted by molar-refractivity contribution is 6.15. The van der Waals surface area contributed by atoms with E-state index < -0.39 is 0 Å². The molecular formula is C61H40N4. The van der Waals surface area contributed by atoms with Crippen molar-refractivity contribution in [2.75, 3.05) is 0 Å². The third-order valence-corrected chi connectivity index (χ3v) is 14.3. The molecule has 65 heavy (non-hydrogen) atoms. The number of hydrogen-bond donors (Lipinski definition) is 0. The van der Waals surface area contributed by atoms with Crippen LogP contribution >= 0.6 is 0 Å². The first-order valence-corrected chi connectivity index (χ1v) is 22.5. The number of rotatable bonds is 4. The monoisotopic (exact) mass is 828 g/mol. The maximum Gasteiger partial charge on any atom is 0.235 e. The van der Waals surface area contributed by atoms with Crippen LogP contribution in [0.25, 0.3) is 121 Å². The average Bonchev–Trinajstić information content (AvgIpc) is 3.94. The molecule has 0 bridgehead atoms. The Labute approximate surface area is 375 Å². The second-order valence-corrected chi connectivity index (χ2v) is 18.2. The molecule has 0 radical (unpaired) electrons. The van der Waals surface area contributed by atoms with E-state index in [9.17, 15) is 0 Å². The first kappa shape index (κ1) is 36.2. The van der Waals surface area contributed by atoms with Gasteiger partial charge in [0.25, 0.3) is 0 Å². The summed E-state index contributed by atoms with van der Waals surface area (Å²) in [5, 5.41) is 10.7. The van der Waals surface area contributed by atoms with Gasteiger partial charge in [-0.2, -0.15) is 0 Å². The lowest BCUT2D eigenvalue weighted by atomic mass is 9.82. The van der Waals surface area contributed by atoms with E-state index >= 15 is 0 Å². The molecule has 4 heteroatoms. The Morgan fingerprint density at radius 1 is 0.354 bits per heavy atom. The van der Waals surface area contributed by atoms with Gasteiger partial charge in [-0.05, 0) is 116 Å². The molecule has 0 saturated heterocycles. The van der Waals surface area contributed by atoms with E-state index in [1.807, 2.05) is 0 Å². The molecule has 4 nitrogen and oxygen atoms in total. The summed E-state index contributed by atoms with van der Waals surface area (Å²) in [6.45, 7) is 4.68. The number of para-hydroxylation sites is 2. The van der Waals surface area contributed by atoms with Crippen molar-refractivity contribution < 1.29 is 0 Å². The first-order chi connectivity index (χ1) is 32.0. The molecule has 0 amide bonds. The molecular weight excluding hydrogens is 789 g/mol. The van der Waals surface area contributed by atoms with Crippen LogP contribution in [0.1, 0.15) is 25.0 Å². The lowest BCUT2D eigenvalue weighted by Crippen LogP contribution is -2.15. The molecule has 3 aromatic heterocycles. The van der Waals surface area contributed by atoms with Crippen LogP contribution in [-0.4, -0.2) is 19.1 Å². The zero-order valence-electron chi connectivity index (χ0n) is 35.9. The maximum absolute atomic E-state index is 5.59. The second-order valence-electron chi connectivity index (χ2n) is 18.2. The molecule has 10 aromatic carbocycles. The summed E-state index contributed by atoms with van der Waals surface area (Å²) in [4.78, 5) is 11.0. The van der Waals surface area contributed by atoms with Gasteiger partial charge in [-0.1, -0.05) is 159 Å². The van der Waals surface area contributed by atoms with Crippen LogP contribution in [0.4, 0.5) is 0 Å². The third-order valence-electron chi connectivity index (χ3n) is 14.3. The quantitative estimate of drug-likeness (QED) is 0.177. The molecule has 3 heterocycles. The summed E-state index contributed by atoms with van der Waals surface area (Å²) < 4.78 is 4.70. The molecule has 304 valence electrons.